The third-order valence-electron chi connectivity index (χ3n) is 6.34. The molecule has 1 aliphatic rings. The van der Waals surface area contributed by atoms with Crippen molar-refractivity contribution in [2.75, 3.05) is 5.73 Å². The molecule has 2 aromatic carbocycles. The Morgan fingerprint density at radius 2 is 1.81 bits per heavy atom. The van der Waals surface area contributed by atoms with Gasteiger partial charge in [-0.3, -0.25) is 4.79 Å². The second kappa shape index (κ2) is 9.88. The van der Waals surface area contributed by atoms with Crippen LogP contribution in [-0.2, 0) is 0 Å². The third-order valence-corrected chi connectivity index (χ3v) is 6.64. The number of carbonyl (C=O) groups is 1. The molecule has 7 nitrogen and oxygen atoms in total. The zero-order valence-electron chi connectivity index (χ0n) is 20.9. The molecule has 4 rings (SSSR count). The molecule has 2 heterocycles. The van der Waals surface area contributed by atoms with Crippen LogP contribution in [0.4, 0.5) is 5.95 Å². The lowest BCUT2D eigenvalue weighted by Gasteiger charge is -2.46. The third kappa shape index (κ3) is 5.84. The van der Waals surface area contributed by atoms with Crippen LogP contribution in [-0.4, -0.2) is 26.8 Å². The highest BCUT2D eigenvalue weighted by Crippen LogP contribution is 2.38. The molecule has 0 amide bonds. The number of carbonyl (C=O) groups excluding carboxylic acids is 1. The molecule has 0 unspecified atom stereocenters. The van der Waals surface area contributed by atoms with Crippen LogP contribution >= 0.6 is 11.6 Å². The van der Waals surface area contributed by atoms with Gasteiger partial charge in [0.25, 0.3) is 0 Å². The van der Waals surface area contributed by atoms with E-state index in [0.717, 1.165) is 12.8 Å². The summed E-state index contributed by atoms with van der Waals surface area (Å²) in [7, 11) is 0. The molecule has 0 atom stereocenters. The van der Waals surface area contributed by atoms with E-state index in [4.69, 9.17) is 22.1 Å². The van der Waals surface area contributed by atoms with Gasteiger partial charge in [-0.15, -0.1) is 0 Å². The highest BCUT2D eigenvalue weighted by Gasteiger charge is 2.38. The highest BCUT2D eigenvalue weighted by atomic mass is 35.5. The molecule has 0 saturated carbocycles. The average molecular weight is 504 g/mol. The summed E-state index contributed by atoms with van der Waals surface area (Å²) >= 11 is 6.52. The van der Waals surface area contributed by atoms with E-state index in [-0.39, 0.29) is 28.7 Å². The SMILES string of the molecule is CC1(C)CC(CC(=O)c2ccc(Oc3cccc(-c4cnc(N)nc4)c3C#N)c(Cl)c2)CC(C)(C)N1. The molecule has 3 N–H and O–H groups in total. The maximum absolute atomic E-state index is 13.1. The number of benzene rings is 2. The molecule has 0 aliphatic carbocycles. The molecule has 1 fully saturated rings. The normalized spacial score (nSPS) is 16.8. The van der Waals surface area contributed by atoms with Gasteiger partial charge in [0.05, 0.1) is 5.02 Å². The van der Waals surface area contributed by atoms with Gasteiger partial charge in [0.15, 0.2) is 5.78 Å². The molecule has 0 radical (unpaired) electrons. The van der Waals surface area contributed by atoms with Gasteiger partial charge in [0, 0.05) is 46.6 Å². The number of nitrogen functional groups attached to an aromatic ring is 1. The Morgan fingerprint density at radius 3 is 2.42 bits per heavy atom. The Bertz CT molecular complexity index is 1310. The molecule has 0 spiro atoms. The van der Waals surface area contributed by atoms with Gasteiger partial charge >= 0.3 is 0 Å². The van der Waals surface area contributed by atoms with Crippen LogP contribution in [0.1, 0.15) is 62.9 Å². The van der Waals surface area contributed by atoms with Crippen LogP contribution < -0.4 is 15.8 Å². The number of Topliss-reactive ketones (excluding diaryl/α,β-unsaturated/α-hetero) is 1. The number of anilines is 1. The largest absolute Gasteiger partial charge is 0.454 e. The average Bonchev–Trinajstić information content (AvgIpc) is 2.78. The monoisotopic (exact) mass is 503 g/mol. The number of nitriles is 1. The Labute approximate surface area is 216 Å². The second-order valence-corrected chi connectivity index (χ2v) is 11.1. The first-order valence-electron chi connectivity index (χ1n) is 11.9. The second-order valence-electron chi connectivity index (χ2n) is 10.7. The predicted molar refractivity (Wildman–Crippen MR) is 141 cm³/mol. The van der Waals surface area contributed by atoms with Crippen molar-refractivity contribution < 1.29 is 9.53 Å². The molecule has 3 aromatic rings. The number of nitrogens with two attached hydrogens (primary N) is 1. The minimum atomic E-state index is -0.0203. The summed E-state index contributed by atoms with van der Waals surface area (Å²) in [5.74, 6) is 1.20. The minimum Gasteiger partial charge on any atom is -0.454 e. The standard InChI is InChI=1S/C28H30ClN5O2/c1-27(2)12-17(13-28(3,4)34-27)10-23(35)18-8-9-25(22(29)11-18)36-24-7-5-6-20(21(24)14-30)19-15-32-26(31)33-16-19/h5-9,11,15-17,34H,10,12-13H2,1-4H3,(H2,31,32,33). The van der Waals surface area contributed by atoms with Crippen molar-refractivity contribution in [3.05, 3.63) is 64.9 Å². The van der Waals surface area contributed by atoms with Crippen LogP contribution in [0.2, 0.25) is 5.02 Å². The molecule has 0 bridgehead atoms. The van der Waals surface area contributed by atoms with Crippen molar-refractivity contribution >= 4 is 23.3 Å². The molecular weight excluding hydrogens is 474 g/mol. The first kappa shape index (κ1) is 25.6. The topological polar surface area (TPSA) is 114 Å². The van der Waals surface area contributed by atoms with E-state index in [1.807, 2.05) is 0 Å². The lowest BCUT2D eigenvalue weighted by atomic mass is 9.74. The van der Waals surface area contributed by atoms with E-state index in [0.29, 0.717) is 45.2 Å². The van der Waals surface area contributed by atoms with Gasteiger partial charge in [-0.2, -0.15) is 5.26 Å². The van der Waals surface area contributed by atoms with Crippen LogP contribution in [0.3, 0.4) is 0 Å². The van der Waals surface area contributed by atoms with Crippen molar-refractivity contribution in [2.24, 2.45) is 5.92 Å². The van der Waals surface area contributed by atoms with Crippen LogP contribution in [0.5, 0.6) is 11.5 Å². The van der Waals surface area contributed by atoms with Crippen LogP contribution in [0.15, 0.2) is 48.8 Å². The number of hydrogen-bond acceptors (Lipinski definition) is 7. The van der Waals surface area contributed by atoms with Gasteiger partial charge in [-0.1, -0.05) is 23.7 Å². The molecule has 1 aliphatic heterocycles. The van der Waals surface area contributed by atoms with Crippen molar-refractivity contribution in [3.63, 3.8) is 0 Å². The van der Waals surface area contributed by atoms with E-state index in [9.17, 15) is 10.1 Å². The Hall–Kier alpha value is -3.47. The summed E-state index contributed by atoms with van der Waals surface area (Å²) in [6.07, 6.45) is 5.45. The minimum absolute atomic E-state index is 0.0203. The summed E-state index contributed by atoms with van der Waals surface area (Å²) in [4.78, 5) is 21.1. The van der Waals surface area contributed by atoms with Crippen molar-refractivity contribution in [2.45, 2.75) is 58.0 Å². The van der Waals surface area contributed by atoms with E-state index < -0.39 is 0 Å². The summed E-state index contributed by atoms with van der Waals surface area (Å²) in [6.45, 7) is 8.72. The van der Waals surface area contributed by atoms with Crippen molar-refractivity contribution in [1.82, 2.24) is 15.3 Å². The zero-order valence-corrected chi connectivity index (χ0v) is 21.7. The molecular formula is C28H30ClN5O2. The molecule has 1 aromatic heterocycles. The van der Waals surface area contributed by atoms with E-state index in [2.05, 4.69) is 49.0 Å². The number of rotatable bonds is 6. The predicted octanol–water partition coefficient (Wildman–Crippen LogP) is 6.17. The number of nitrogens with one attached hydrogen (secondary N) is 1. The van der Waals surface area contributed by atoms with Gasteiger partial charge < -0.3 is 15.8 Å². The number of nitrogens with zero attached hydrogens (tertiary/aromatic N) is 3. The maximum atomic E-state index is 13.1. The summed E-state index contributed by atoms with van der Waals surface area (Å²) in [5, 5.41) is 13.8. The van der Waals surface area contributed by atoms with Gasteiger partial charge in [0.1, 0.15) is 23.1 Å². The Balaban J connectivity index is 1.53. The first-order chi connectivity index (χ1) is 17.0. The van der Waals surface area contributed by atoms with E-state index in [1.54, 1.807) is 48.8 Å². The lowest BCUT2D eigenvalue weighted by molar-refractivity contribution is 0.0864. The smallest absolute Gasteiger partial charge is 0.219 e. The number of halogens is 1. The number of ketones is 1. The van der Waals surface area contributed by atoms with E-state index >= 15 is 0 Å². The zero-order chi connectivity index (χ0) is 26.1. The van der Waals surface area contributed by atoms with Crippen LogP contribution in [0.25, 0.3) is 11.1 Å². The molecule has 186 valence electrons. The Morgan fingerprint density at radius 1 is 1.14 bits per heavy atom. The lowest BCUT2D eigenvalue weighted by Crippen LogP contribution is -2.57. The fourth-order valence-electron chi connectivity index (χ4n) is 5.38. The van der Waals surface area contributed by atoms with Gasteiger partial charge in [-0.25, -0.2) is 9.97 Å². The Kier molecular flexibility index (Phi) is 7.03. The van der Waals surface area contributed by atoms with E-state index in [1.165, 1.54) is 0 Å². The molecule has 36 heavy (non-hydrogen) atoms. The molecule has 1 saturated heterocycles. The van der Waals surface area contributed by atoms with Crippen molar-refractivity contribution in [3.8, 4) is 28.7 Å². The van der Waals surface area contributed by atoms with Gasteiger partial charge in [-0.05, 0) is 70.7 Å². The number of ether oxygens (including phenoxy) is 1. The number of hydrogen-bond donors (Lipinski definition) is 2. The molecule has 8 heteroatoms. The van der Waals surface area contributed by atoms with Gasteiger partial charge in [0.2, 0.25) is 5.95 Å². The number of piperidine rings is 1. The first-order valence-corrected chi connectivity index (χ1v) is 12.3. The fraction of sp³-hybridized carbons (Fsp3) is 0.357. The van der Waals surface area contributed by atoms with Crippen LogP contribution in [0, 0.1) is 17.2 Å². The summed E-state index contributed by atoms with van der Waals surface area (Å²) in [6, 6.07) is 12.5. The number of aromatic nitrogens is 2. The van der Waals surface area contributed by atoms with Crippen molar-refractivity contribution in [1.29, 1.82) is 5.26 Å². The fourth-order valence-corrected chi connectivity index (χ4v) is 5.60. The maximum Gasteiger partial charge on any atom is 0.219 e. The summed E-state index contributed by atoms with van der Waals surface area (Å²) < 4.78 is 6.02. The highest BCUT2D eigenvalue weighted by molar-refractivity contribution is 6.32. The quantitative estimate of drug-likeness (QED) is 0.386. The summed E-state index contributed by atoms with van der Waals surface area (Å²) in [5.41, 5.74) is 7.67.